The fourth-order valence-corrected chi connectivity index (χ4v) is 4.06. The Balaban J connectivity index is 2.20. The number of benzene rings is 2. The Morgan fingerprint density at radius 2 is 1.64 bits per heavy atom. The van der Waals surface area contributed by atoms with Crippen LogP contribution in [-0.4, -0.2) is 16.8 Å². The average Bonchev–Trinajstić information content (AvgIpc) is 2.39. The van der Waals surface area contributed by atoms with Gasteiger partial charge in [-0.25, -0.2) is 22.0 Å². The minimum atomic E-state index is -3.71. The second-order valence-corrected chi connectivity index (χ2v) is 8.78. The molecule has 0 aliphatic rings. The van der Waals surface area contributed by atoms with Gasteiger partial charge in [0, 0.05) is 10.2 Å². The highest BCUT2D eigenvalue weighted by Gasteiger charge is 2.14. The molecule has 0 unspecified atom stereocenters. The number of halogens is 1. The summed E-state index contributed by atoms with van der Waals surface area (Å²) in [4.78, 5) is 0.121. The lowest BCUT2D eigenvalue weighted by Gasteiger charge is -2.09. The molecule has 0 heterocycles. The van der Waals surface area contributed by atoms with E-state index < -0.39 is 20.0 Å². The molecule has 0 atom stereocenters. The van der Waals surface area contributed by atoms with E-state index in [1.165, 1.54) is 36.4 Å². The van der Waals surface area contributed by atoms with Gasteiger partial charge in [-0.1, -0.05) is 34.1 Å². The van der Waals surface area contributed by atoms with Gasteiger partial charge >= 0.3 is 0 Å². The first-order valence-corrected chi connectivity index (χ1v) is 10.0. The van der Waals surface area contributed by atoms with Crippen molar-refractivity contribution in [2.24, 2.45) is 5.14 Å². The lowest BCUT2D eigenvalue weighted by atomic mass is 10.2. The Kier molecular flexibility index (Phi) is 4.90. The Hall–Kier alpha value is -1.42. The van der Waals surface area contributed by atoms with E-state index in [0.717, 1.165) is 0 Å². The molecule has 0 spiro atoms. The van der Waals surface area contributed by atoms with E-state index in [4.69, 9.17) is 5.14 Å². The van der Waals surface area contributed by atoms with Crippen LogP contribution in [0.4, 0.5) is 5.69 Å². The molecule has 0 radical (unpaired) electrons. The molecule has 2 aromatic rings. The molecule has 2 aromatic carbocycles. The molecule has 0 aromatic heterocycles. The fourth-order valence-electron chi connectivity index (χ4n) is 1.75. The number of anilines is 1. The third-order valence-corrected chi connectivity index (χ3v) is 5.29. The van der Waals surface area contributed by atoms with E-state index in [1.807, 2.05) is 0 Å². The zero-order chi connectivity index (χ0) is 16.4. The summed E-state index contributed by atoms with van der Waals surface area (Å²) in [5.74, 6) is -0.300. The van der Waals surface area contributed by atoms with Crippen LogP contribution in [-0.2, 0) is 25.8 Å². The van der Waals surface area contributed by atoms with Gasteiger partial charge in [0.1, 0.15) is 0 Å². The Morgan fingerprint density at radius 1 is 1.00 bits per heavy atom. The third kappa shape index (κ3) is 4.80. The van der Waals surface area contributed by atoms with Gasteiger partial charge in [-0.15, -0.1) is 0 Å². The van der Waals surface area contributed by atoms with Gasteiger partial charge in [0.05, 0.1) is 10.6 Å². The molecule has 9 heteroatoms. The van der Waals surface area contributed by atoms with Crippen LogP contribution in [0.3, 0.4) is 0 Å². The Morgan fingerprint density at radius 3 is 2.18 bits per heavy atom. The lowest BCUT2D eigenvalue weighted by Crippen LogP contribution is -2.15. The standard InChI is InChI=1S/C13H13BrN2O4S2/c14-11-2-1-3-13(8-11)22(19,20)16-12-6-4-10(5-7-12)9-21(15,17)18/h1-8,16H,9H2,(H2,15,17,18). The predicted octanol–water partition coefficient (Wildman–Crippen LogP) is 2.04. The summed E-state index contributed by atoms with van der Waals surface area (Å²) in [6.07, 6.45) is 0. The molecule has 0 fully saturated rings. The quantitative estimate of drug-likeness (QED) is 0.794. The molecule has 0 bridgehead atoms. The highest BCUT2D eigenvalue weighted by Crippen LogP contribution is 2.20. The van der Waals surface area contributed by atoms with Crippen molar-refractivity contribution in [1.82, 2.24) is 0 Å². The molecule has 22 heavy (non-hydrogen) atoms. The van der Waals surface area contributed by atoms with Crippen LogP contribution in [0.5, 0.6) is 0 Å². The number of nitrogens with one attached hydrogen (secondary N) is 1. The third-order valence-electron chi connectivity index (χ3n) is 2.68. The molecule has 0 amide bonds. The van der Waals surface area contributed by atoms with E-state index in [-0.39, 0.29) is 10.6 Å². The number of rotatable bonds is 5. The first-order chi connectivity index (χ1) is 10.2. The van der Waals surface area contributed by atoms with Gasteiger partial charge in [0.25, 0.3) is 10.0 Å². The van der Waals surface area contributed by atoms with Crippen molar-refractivity contribution in [2.75, 3.05) is 4.72 Å². The molecule has 118 valence electrons. The van der Waals surface area contributed by atoms with Crippen LogP contribution in [0.25, 0.3) is 0 Å². The maximum absolute atomic E-state index is 12.2. The number of primary sulfonamides is 1. The molecule has 0 saturated carbocycles. The summed E-state index contributed by atoms with van der Waals surface area (Å²) in [5, 5.41) is 4.95. The fraction of sp³-hybridized carbons (Fsp3) is 0.0769. The van der Waals surface area contributed by atoms with Gasteiger partial charge in [-0.05, 0) is 35.9 Å². The minimum Gasteiger partial charge on any atom is -0.280 e. The van der Waals surface area contributed by atoms with Gasteiger partial charge in [-0.2, -0.15) is 0 Å². The summed E-state index contributed by atoms with van der Waals surface area (Å²) in [5.41, 5.74) is 0.811. The first-order valence-electron chi connectivity index (χ1n) is 6.03. The maximum Gasteiger partial charge on any atom is 0.261 e. The summed E-state index contributed by atoms with van der Waals surface area (Å²) in [6.45, 7) is 0. The molecular formula is C13H13BrN2O4S2. The van der Waals surface area contributed by atoms with Crippen LogP contribution in [0.15, 0.2) is 57.9 Å². The van der Waals surface area contributed by atoms with Crippen LogP contribution in [0.2, 0.25) is 0 Å². The van der Waals surface area contributed by atoms with E-state index in [0.29, 0.717) is 15.7 Å². The molecule has 6 nitrogen and oxygen atoms in total. The second-order valence-electron chi connectivity index (χ2n) is 4.57. The van der Waals surface area contributed by atoms with Crippen molar-refractivity contribution in [3.63, 3.8) is 0 Å². The lowest BCUT2D eigenvalue weighted by molar-refractivity contribution is 0.596. The van der Waals surface area contributed by atoms with Crippen LogP contribution in [0, 0.1) is 0 Å². The average molecular weight is 405 g/mol. The predicted molar refractivity (Wildman–Crippen MR) is 88.2 cm³/mol. The normalized spacial score (nSPS) is 12.1. The Labute approximate surface area is 137 Å². The second kappa shape index (κ2) is 6.37. The summed E-state index contributed by atoms with van der Waals surface area (Å²) < 4.78 is 49.5. The van der Waals surface area contributed by atoms with Gasteiger partial charge < -0.3 is 0 Å². The van der Waals surface area contributed by atoms with Gasteiger partial charge in [-0.3, -0.25) is 4.72 Å². The highest BCUT2D eigenvalue weighted by atomic mass is 79.9. The van der Waals surface area contributed by atoms with Crippen molar-refractivity contribution in [2.45, 2.75) is 10.6 Å². The van der Waals surface area contributed by atoms with Crippen LogP contribution < -0.4 is 9.86 Å². The van der Waals surface area contributed by atoms with Crippen LogP contribution in [0.1, 0.15) is 5.56 Å². The smallest absolute Gasteiger partial charge is 0.261 e. The minimum absolute atomic E-state index is 0.121. The van der Waals surface area contributed by atoms with E-state index in [2.05, 4.69) is 20.7 Å². The van der Waals surface area contributed by atoms with E-state index >= 15 is 0 Å². The summed E-state index contributed by atoms with van der Waals surface area (Å²) in [7, 11) is -7.32. The molecule has 2 rings (SSSR count). The summed E-state index contributed by atoms with van der Waals surface area (Å²) in [6, 6.07) is 12.3. The Bertz CT molecular complexity index is 879. The van der Waals surface area contributed by atoms with Gasteiger partial charge in [0.15, 0.2) is 0 Å². The number of sulfonamides is 2. The zero-order valence-corrected chi connectivity index (χ0v) is 14.4. The van der Waals surface area contributed by atoms with Crippen molar-refractivity contribution in [1.29, 1.82) is 0 Å². The number of nitrogens with two attached hydrogens (primary N) is 1. The van der Waals surface area contributed by atoms with Crippen molar-refractivity contribution in [3.8, 4) is 0 Å². The van der Waals surface area contributed by atoms with E-state index in [9.17, 15) is 16.8 Å². The molecule has 0 saturated heterocycles. The first kappa shape index (κ1) is 16.9. The van der Waals surface area contributed by atoms with Crippen molar-refractivity contribution >= 4 is 41.7 Å². The largest absolute Gasteiger partial charge is 0.280 e. The number of hydrogen-bond acceptors (Lipinski definition) is 4. The maximum atomic E-state index is 12.2. The molecule has 0 aliphatic carbocycles. The monoisotopic (exact) mass is 404 g/mol. The van der Waals surface area contributed by atoms with Crippen molar-refractivity contribution in [3.05, 3.63) is 58.6 Å². The SMILES string of the molecule is NS(=O)(=O)Cc1ccc(NS(=O)(=O)c2cccc(Br)c2)cc1. The zero-order valence-electron chi connectivity index (χ0n) is 11.2. The molecule has 3 N–H and O–H groups in total. The summed E-state index contributed by atoms with van der Waals surface area (Å²) >= 11 is 3.22. The highest BCUT2D eigenvalue weighted by molar-refractivity contribution is 9.10. The number of hydrogen-bond donors (Lipinski definition) is 2. The van der Waals surface area contributed by atoms with Crippen LogP contribution >= 0.6 is 15.9 Å². The van der Waals surface area contributed by atoms with E-state index in [1.54, 1.807) is 12.1 Å². The molecular weight excluding hydrogens is 392 g/mol. The molecule has 0 aliphatic heterocycles. The van der Waals surface area contributed by atoms with Gasteiger partial charge in [0.2, 0.25) is 10.0 Å². The van der Waals surface area contributed by atoms with Crippen molar-refractivity contribution < 1.29 is 16.8 Å². The topological polar surface area (TPSA) is 106 Å².